The molecule has 0 aliphatic carbocycles. The summed E-state index contributed by atoms with van der Waals surface area (Å²) >= 11 is 0. The number of hydrogen-bond acceptors (Lipinski definition) is 3. The first kappa shape index (κ1) is 11.9. The second kappa shape index (κ2) is 5.03. The van der Waals surface area contributed by atoms with Crippen LogP contribution in [-0.4, -0.2) is 17.8 Å². The third-order valence-corrected chi connectivity index (χ3v) is 2.59. The Kier molecular flexibility index (Phi) is 3.97. The normalized spacial score (nSPS) is 12.9. The van der Waals surface area contributed by atoms with Gasteiger partial charge in [0.25, 0.3) is 0 Å². The summed E-state index contributed by atoms with van der Waals surface area (Å²) in [5.74, 6) is 0.395. The molecule has 0 fully saturated rings. The maximum atomic E-state index is 9.22. The highest BCUT2D eigenvalue weighted by Gasteiger charge is 2.12. The third kappa shape index (κ3) is 3.13. The van der Waals surface area contributed by atoms with Crippen LogP contribution in [0.1, 0.15) is 19.4 Å². The third-order valence-electron chi connectivity index (χ3n) is 2.59. The highest BCUT2D eigenvalue weighted by Crippen LogP contribution is 2.20. The molecule has 0 aliphatic heterocycles. The molecule has 4 N–H and O–H groups in total. The molecule has 0 heterocycles. The van der Waals surface area contributed by atoms with E-state index in [1.165, 1.54) is 0 Å². The fourth-order valence-corrected chi connectivity index (χ4v) is 1.47. The number of anilines is 2. The summed E-state index contributed by atoms with van der Waals surface area (Å²) in [5.41, 5.74) is 8.58. The molecule has 3 heteroatoms. The average molecular weight is 208 g/mol. The van der Waals surface area contributed by atoms with Crippen molar-refractivity contribution in [3.8, 4) is 0 Å². The summed E-state index contributed by atoms with van der Waals surface area (Å²) in [6.07, 6.45) is 0. The first-order chi connectivity index (χ1) is 7.04. The van der Waals surface area contributed by atoms with E-state index in [9.17, 15) is 5.11 Å². The van der Waals surface area contributed by atoms with Crippen molar-refractivity contribution >= 4 is 11.4 Å². The van der Waals surface area contributed by atoms with Crippen molar-refractivity contribution in [3.63, 3.8) is 0 Å². The Morgan fingerprint density at radius 1 is 1.40 bits per heavy atom. The molecule has 0 radical (unpaired) electrons. The van der Waals surface area contributed by atoms with Crippen LogP contribution in [-0.2, 0) is 0 Å². The quantitative estimate of drug-likeness (QED) is 0.663. The Balaban J connectivity index is 2.79. The van der Waals surface area contributed by atoms with Gasteiger partial charge >= 0.3 is 0 Å². The van der Waals surface area contributed by atoms with E-state index >= 15 is 0 Å². The van der Waals surface area contributed by atoms with Crippen molar-refractivity contribution < 1.29 is 5.11 Å². The van der Waals surface area contributed by atoms with E-state index in [-0.39, 0.29) is 12.6 Å². The Morgan fingerprint density at radius 2 is 2.07 bits per heavy atom. The van der Waals surface area contributed by atoms with Crippen LogP contribution in [0, 0.1) is 12.8 Å². The number of rotatable bonds is 4. The summed E-state index contributed by atoms with van der Waals surface area (Å²) in [7, 11) is 0. The van der Waals surface area contributed by atoms with Crippen molar-refractivity contribution in [2.45, 2.75) is 26.8 Å². The summed E-state index contributed by atoms with van der Waals surface area (Å²) in [6, 6.07) is 5.84. The highest BCUT2D eigenvalue weighted by atomic mass is 16.3. The molecule has 3 nitrogen and oxygen atoms in total. The molecule has 0 saturated heterocycles. The first-order valence-corrected chi connectivity index (χ1v) is 5.28. The molecule has 1 aromatic carbocycles. The number of nitrogens with two attached hydrogens (primary N) is 1. The van der Waals surface area contributed by atoms with Crippen LogP contribution in [0.5, 0.6) is 0 Å². The maximum Gasteiger partial charge on any atom is 0.0635 e. The highest BCUT2D eigenvalue weighted by molar-refractivity contribution is 5.57. The second-order valence-electron chi connectivity index (χ2n) is 4.25. The van der Waals surface area contributed by atoms with E-state index in [2.05, 4.69) is 19.2 Å². The van der Waals surface area contributed by atoms with Crippen LogP contribution in [0.15, 0.2) is 18.2 Å². The average Bonchev–Trinajstić information content (AvgIpc) is 2.16. The number of aliphatic hydroxyl groups excluding tert-OH is 1. The fraction of sp³-hybridized carbons (Fsp3) is 0.500. The molecule has 15 heavy (non-hydrogen) atoms. The van der Waals surface area contributed by atoms with Crippen molar-refractivity contribution in [1.82, 2.24) is 0 Å². The van der Waals surface area contributed by atoms with Gasteiger partial charge in [-0.1, -0.05) is 13.8 Å². The molecule has 0 bridgehead atoms. The zero-order valence-corrected chi connectivity index (χ0v) is 9.62. The van der Waals surface area contributed by atoms with Crippen LogP contribution >= 0.6 is 0 Å². The van der Waals surface area contributed by atoms with Crippen LogP contribution < -0.4 is 11.1 Å². The van der Waals surface area contributed by atoms with Gasteiger partial charge < -0.3 is 16.2 Å². The summed E-state index contributed by atoms with van der Waals surface area (Å²) in [4.78, 5) is 0. The van der Waals surface area contributed by atoms with Gasteiger partial charge in [-0.05, 0) is 36.6 Å². The van der Waals surface area contributed by atoms with E-state index in [0.717, 1.165) is 16.9 Å². The minimum Gasteiger partial charge on any atom is -0.399 e. The van der Waals surface area contributed by atoms with Gasteiger partial charge in [-0.25, -0.2) is 0 Å². The van der Waals surface area contributed by atoms with Crippen LogP contribution in [0.25, 0.3) is 0 Å². The Labute approximate surface area is 91.3 Å². The van der Waals surface area contributed by atoms with Gasteiger partial charge in [0.05, 0.1) is 12.6 Å². The number of aryl methyl sites for hydroxylation is 1. The summed E-state index contributed by atoms with van der Waals surface area (Å²) in [6.45, 7) is 6.32. The van der Waals surface area contributed by atoms with Crippen LogP contribution in [0.3, 0.4) is 0 Å². The van der Waals surface area contributed by atoms with Crippen molar-refractivity contribution in [2.75, 3.05) is 17.7 Å². The van der Waals surface area contributed by atoms with Gasteiger partial charge in [0, 0.05) is 11.4 Å². The van der Waals surface area contributed by atoms with Gasteiger partial charge in [-0.15, -0.1) is 0 Å². The molecule has 1 atom stereocenters. The van der Waals surface area contributed by atoms with E-state index in [1.807, 2.05) is 25.1 Å². The molecular formula is C12H20N2O. The smallest absolute Gasteiger partial charge is 0.0635 e. The van der Waals surface area contributed by atoms with Gasteiger partial charge in [0.2, 0.25) is 0 Å². The fourth-order valence-electron chi connectivity index (χ4n) is 1.47. The Bertz CT molecular complexity index is 323. The van der Waals surface area contributed by atoms with Gasteiger partial charge in [0.1, 0.15) is 0 Å². The van der Waals surface area contributed by atoms with Crippen LogP contribution in [0.4, 0.5) is 11.4 Å². The van der Waals surface area contributed by atoms with Crippen LogP contribution in [0.2, 0.25) is 0 Å². The maximum absolute atomic E-state index is 9.22. The minimum absolute atomic E-state index is 0.0901. The lowest BCUT2D eigenvalue weighted by Crippen LogP contribution is -2.29. The monoisotopic (exact) mass is 208 g/mol. The number of nitrogens with one attached hydrogen (secondary N) is 1. The predicted octanol–water partition coefficient (Wildman–Crippen LogP) is 2.01. The summed E-state index contributed by atoms with van der Waals surface area (Å²) in [5, 5.41) is 12.5. The SMILES string of the molecule is Cc1cc(N)ccc1NC(CO)C(C)C. The molecule has 1 rings (SSSR count). The molecular weight excluding hydrogens is 188 g/mol. The Hall–Kier alpha value is -1.22. The lowest BCUT2D eigenvalue weighted by Gasteiger charge is -2.22. The topological polar surface area (TPSA) is 58.3 Å². The van der Waals surface area contributed by atoms with Gasteiger partial charge in [-0.3, -0.25) is 0 Å². The number of aliphatic hydroxyl groups is 1. The van der Waals surface area contributed by atoms with Crippen molar-refractivity contribution in [2.24, 2.45) is 5.92 Å². The molecule has 0 aliphatic rings. The summed E-state index contributed by atoms with van der Waals surface area (Å²) < 4.78 is 0. The molecule has 0 spiro atoms. The van der Waals surface area contributed by atoms with E-state index in [4.69, 9.17) is 5.73 Å². The van der Waals surface area contributed by atoms with Crippen molar-refractivity contribution in [3.05, 3.63) is 23.8 Å². The predicted molar refractivity (Wildman–Crippen MR) is 64.9 cm³/mol. The minimum atomic E-state index is 0.0901. The van der Waals surface area contributed by atoms with Crippen molar-refractivity contribution in [1.29, 1.82) is 0 Å². The largest absolute Gasteiger partial charge is 0.399 e. The van der Waals surface area contributed by atoms with E-state index in [1.54, 1.807) is 0 Å². The molecule has 0 saturated carbocycles. The molecule has 0 amide bonds. The zero-order valence-electron chi connectivity index (χ0n) is 9.62. The first-order valence-electron chi connectivity index (χ1n) is 5.28. The number of benzene rings is 1. The zero-order chi connectivity index (χ0) is 11.4. The standard InChI is InChI=1S/C12H20N2O/c1-8(2)12(7-15)14-11-5-4-10(13)6-9(11)3/h4-6,8,12,14-15H,7,13H2,1-3H3. The number of nitrogen functional groups attached to an aromatic ring is 1. The lowest BCUT2D eigenvalue weighted by atomic mass is 10.0. The number of hydrogen-bond donors (Lipinski definition) is 3. The van der Waals surface area contributed by atoms with E-state index < -0.39 is 0 Å². The van der Waals surface area contributed by atoms with Gasteiger partial charge in [0.15, 0.2) is 0 Å². The van der Waals surface area contributed by atoms with Gasteiger partial charge in [-0.2, -0.15) is 0 Å². The molecule has 1 unspecified atom stereocenters. The lowest BCUT2D eigenvalue weighted by molar-refractivity contribution is 0.249. The molecule has 0 aromatic heterocycles. The Morgan fingerprint density at radius 3 is 2.53 bits per heavy atom. The molecule has 1 aromatic rings. The second-order valence-corrected chi connectivity index (χ2v) is 4.25. The van der Waals surface area contributed by atoms with E-state index in [0.29, 0.717) is 5.92 Å². The molecule has 84 valence electrons.